The molecule has 0 aliphatic heterocycles. The molecule has 0 saturated heterocycles. The Morgan fingerprint density at radius 3 is 2.71 bits per heavy atom. The molecule has 2 rings (SSSR count). The van der Waals surface area contributed by atoms with E-state index in [1.54, 1.807) is 13.0 Å². The van der Waals surface area contributed by atoms with Gasteiger partial charge in [-0.15, -0.1) is 10.2 Å². The number of nitrogens with zero attached hydrogens (tertiary/aromatic N) is 2. The van der Waals surface area contributed by atoms with Gasteiger partial charge in [0.15, 0.2) is 0 Å². The molecule has 1 heterocycles. The standard InChI is InChI=1S/C12H15FN4O2S2/c1-3-14-7-9-4-5-10(13)11(6-9)21(18,19)17-12-16-15-8(2)20-12/h4-6,14H,3,7H2,1-2H3,(H,16,17). The van der Waals surface area contributed by atoms with E-state index in [-0.39, 0.29) is 5.13 Å². The topological polar surface area (TPSA) is 84.0 Å². The smallest absolute Gasteiger partial charge is 0.266 e. The van der Waals surface area contributed by atoms with Gasteiger partial charge in [-0.2, -0.15) is 0 Å². The highest BCUT2D eigenvalue weighted by molar-refractivity contribution is 7.93. The summed E-state index contributed by atoms with van der Waals surface area (Å²) < 4.78 is 40.5. The molecule has 0 radical (unpaired) electrons. The summed E-state index contributed by atoms with van der Waals surface area (Å²) in [5.74, 6) is -0.802. The number of benzene rings is 1. The Morgan fingerprint density at radius 1 is 1.33 bits per heavy atom. The molecule has 1 aromatic carbocycles. The fourth-order valence-electron chi connectivity index (χ4n) is 1.64. The van der Waals surface area contributed by atoms with Crippen LogP contribution in [-0.2, 0) is 16.6 Å². The highest BCUT2D eigenvalue weighted by Gasteiger charge is 2.21. The molecular formula is C12H15FN4O2S2. The Kier molecular flexibility index (Phi) is 4.86. The molecule has 0 amide bonds. The predicted molar refractivity (Wildman–Crippen MR) is 79.2 cm³/mol. The number of aromatic nitrogens is 2. The highest BCUT2D eigenvalue weighted by Crippen LogP contribution is 2.22. The van der Waals surface area contributed by atoms with Gasteiger partial charge in [-0.3, -0.25) is 4.72 Å². The van der Waals surface area contributed by atoms with Gasteiger partial charge in [0.1, 0.15) is 15.7 Å². The number of hydrogen-bond donors (Lipinski definition) is 2. The molecule has 2 N–H and O–H groups in total. The number of rotatable bonds is 6. The maximum absolute atomic E-state index is 13.8. The molecule has 0 aliphatic carbocycles. The van der Waals surface area contributed by atoms with Crippen LogP contribution in [0.5, 0.6) is 0 Å². The monoisotopic (exact) mass is 330 g/mol. The third-order valence-corrected chi connectivity index (χ3v) is 4.85. The Hall–Kier alpha value is -1.58. The molecule has 0 fully saturated rings. The van der Waals surface area contributed by atoms with Crippen LogP contribution >= 0.6 is 11.3 Å². The molecule has 6 nitrogen and oxygen atoms in total. The molecule has 0 atom stereocenters. The van der Waals surface area contributed by atoms with Crippen LogP contribution in [0.4, 0.5) is 9.52 Å². The van der Waals surface area contributed by atoms with E-state index in [0.717, 1.165) is 23.9 Å². The Morgan fingerprint density at radius 2 is 2.10 bits per heavy atom. The summed E-state index contributed by atoms with van der Waals surface area (Å²) in [6.07, 6.45) is 0. The van der Waals surface area contributed by atoms with Crippen LogP contribution in [0.1, 0.15) is 17.5 Å². The zero-order valence-electron chi connectivity index (χ0n) is 11.6. The first kappa shape index (κ1) is 15.8. The van der Waals surface area contributed by atoms with Gasteiger partial charge in [-0.25, -0.2) is 12.8 Å². The molecule has 0 unspecified atom stereocenters. The third kappa shape index (κ3) is 3.96. The summed E-state index contributed by atoms with van der Waals surface area (Å²) in [6, 6.07) is 4.01. The van der Waals surface area contributed by atoms with Crippen LogP contribution < -0.4 is 10.0 Å². The molecular weight excluding hydrogens is 315 g/mol. The van der Waals surface area contributed by atoms with E-state index < -0.39 is 20.7 Å². The van der Waals surface area contributed by atoms with E-state index in [1.165, 1.54) is 6.07 Å². The molecule has 0 aliphatic rings. The van der Waals surface area contributed by atoms with E-state index in [4.69, 9.17) is 0 Å². The number of anilines is 1. The second kappa shape index (κ2) is 6.46. The average molecular weight is 330 g/mol. The summed E-state index contributed by atoms with van der Waals surface area (Å²) in [4.78, 5) is -0.397. The first-order chi connectivity index (χ1) is 9.92. The van der Waals surface area contributed by atoms with Crippen LogP contribution in [0, 0.1) is 12.7 Å². The van der Waals surface area contributed by atoms with Crippen molar-refractivity contribution < 1.29 is 12.8 Å². The number of halogens is 1. The van der Waals surface area contributed by atoms with E-state index in [2.05, 4.69) is 20.2 Å². The lowest BCUT2D eigenvalue weighted by Gasteiger charge is -2.08. The van der Waals surface area contributed by atoms with Crippen LogP contribution in [0.25, 0.3) is 0 Å². The summed E-state index contributed by atoms with van der Waals surface area (Å²) >= 11 is 1.09. The van der Waals surface area contributed by atoms with E-state index in [0.29, 0.717) is 17.1 Å². The van der Waals surface area contributed by atoms with Crippen LogP contribution in [0.15, 0.2) is 23.1 Å². The van der Waals surface area contributed by atoms with Gasteiger partial charge in [0, 0.05) is 6.54 Å². The number of hydrogen-bond acceptors (Lipinski definition) is 6. The number of sulfonamides is 1. The van der Waals surface area contributed by atoms with E-state index >= 15 is 0 Å². The lowest BCUT2D eigenvalue weighted by atomic mass is 10.2. The molecule has 0 spiro atoms. The first-order valence-electron chi connectivity index (χ1n) is 6.24. The minimum Gasteiger partial charge on any atom is -0.313 e. The predicted octanol–water partition coefficient (Wildman–Crippen LogP) is 1.90. The zero-order valence-corrected chi connectivity index (χ0v) is 13.2. The van der Waals surface area contributed by atoms with Crippen molar-refractivity contribution in [3.63, 3.8) is 0 Å². The summed E-state index contributed by atoms with van der Waals surface area (Å²) in [6.45, 7) is 4.84. The van der Waals surface area contributed by atoms with Crippen molar-refractivity contribution in [2.75, 3.05) is 11.3 Å². The average Bonchev–Trinajstić information content (AvgIpc) is 2.82. The van der Waals surface area contributed by atoms with Crippen molar-refractivity contribution >= 4 is 26.5 Å². The molecule has 2 aromatic rings. The van der Waals surface area contributed by atoms with Crippen LogP contribution in [0.3, 0.4) is 0 Å². The van der Waals surface area contributed by atoms with Crippen molar-refractivity contribution in [2.24, 2.45) is 0 Å². The lowest BCUT2D eigenvalue weighted by Crippen LogP contribution is -2.16. The molecule has 0 saturated carbocycles. The normalized spacial score (nSPS) is 11.6. The minimum absolute atomic E-state index is 0.115. The lowest BCUT2D eigenvalue weighted by molar-refractivity contribution is 0.568. The largest absolute Gasteiger partial charge is 0.313 e. The van der Waals surface area contributed by atoms with Crippen molar-refractivity contribution in [3.8, 4) is 0 Å². The van der Waals surface area contributed by atoms with Crippen LogP contribution in [-0.4, -0.2) is 25.2 Å². The summed E-state index contributed by atoms with van der Waals surface area (Å²) in [7, 11) is -4.02. The highest BCUT2D eigenvalue weighted by atomic mass is 32.2. The van der Waals surface area contributed by atoms with Crippen molar-refractivity contribution in [1.29, 1.82) is 0 Å². The fourth-order valence-corrected chi connectivity index (χ4v) is 3.59. The summed E-state index contributed by atoms with van der Waals surface area (Å²) in [5.41, 5.74) is 0.687. The van der Waals surface area contributed by atoms with Gasteiger partial charge < -0.3 is 5.32 Å². The van der Waals surface area contributed by atoms with E-state index in [9.17, 15) is 12.8 Å². The van der Waals surface area contributed by atoms with Gasteiger partial charge in [0.05, 0.1) is 0 Å². The van der Waals surface area contributed by atoms with Gasteiger partial charge in [-0.05, 0) is 31.2 Å². The second-order valence-electron chi connectivity index (χ2n) is 4.28. The molecule has 114 valence electrons. The third-order valence-electron chi connectivity index (χ3n) is 2.61. The van der Waals surface area contributed by atoms with Gasteiger partial charge in [-0.1, -0.05) is 24.3 Å². The maximum Gasteiger partial charge on any atom is 0.266 e. The van der Waals surface area contributed by atoms with Crippen molar-refractivity contribution in [1.82, 2.24) is 15.5 Å². The van der Waals surface area contributed by atoms with Gasteiger partial charge in [0.25, 0.3) is 10.0 Å². The SMILES string of the molecule is CCNCc1ccc(F)c(S(=O)(=O)Nc2nnc(C)s2)c1. The fraction of sp³-hybridized carbons (Fsp3) is 0.333. The van der Waals surface area contributed by atoms with E-state index in [1.807, 2.05) is 6.92 Å². The second-order valence-corrected chi connectivity index (χ2v) is 7.11. The molecule has 21 heavy (non-hydrogen) atoms. The minimum atomic E-state index is -4.02. The van der Waals surface area contributed by atoms with Gasteiger partial charge in [0.2, 0.25) is 5.13 Å². The quantitative estimate of drug-likeness (QED) is 0.845. The molecule has 1 aromatic heterocycles. The van der Waals surface area contributed by atoms with Crippen LogP contribution in [0.2, 0.25) is 0 Å². The van der Waals surface area contributed by atoms with Crippen molar-refractivity contribution in [3.05, 3.63) is 34.6 Å². The first-order valence-corrected chi connectivity index (χ1v) is 8.54. The van der Waals surface area contributed by atoms with Gasteiger partial charge >= 0.3 is 0 Å². The zero-order chi connectivity index (χ0) is 15.5. The summed E-state index contributed by atoms with van der Waals surface area (Å²) in [5, 5.41) is 11.2. The van der Waals surface area contributed by atoms with Crippen molar-refractivity contribution in [2.45, 2.75) is 25.3 Å². The number of aryl methyl sites for hydroxylation is 1. The number of nitrogens with one attached hydrogen (secondary N) is 2. The Labute approximate surface area is 126 Å². The molecule has 0 bridgehead atoms. The Bertz CT molecular complexity index is 731. The molecule has 9 heteroatoms. The maximum atomic E-state index is 13.8. The Balaban J connectivity index is 2.30.